The number of rotatable bonds is 4. The average Bonchev–Trinajstić information content (AvgIpc) is 2.03. The van der Waals surface area contributed by atoms with Gasteiger partial charge in [-0.1, -0.05) is 12.7 Å². The molecular formula is C9H12FNO. The second kappa shape index (κ2) is 5.29. The predicted octanol–water partition coefficient (Wildman–Crippen LogP) is 2.07. The summed E-state index contributed by atoms with van der Waals surface area (Å²) in [6, 6.07) is 0. The third kappa shape index (κ3) is 3.71. The maximum Gasteiger partial charge on any atom is 0.211 e. The second-order valence-corrected chi connectivity index (χ2v) is 2.25. The number of hydrogen-bond acceptors (Lipinski definition) is 1. The van der Waals surface area contributed by atoms with Crippen LogP contribution < -0.4 is 5.32 Å². The number of carbonyl (C=O) groups excluding carboxylic acids is 1. The summed E-state index contributed by atoms with van der Waals surface area (Å²) in [5, 5.41) is 2.24. The topological polar surface area (TPSA) is 29.1 Å². The van der Waals surface area contributed by atoms with Crippen LogP contribution in [0.5, 0.6) is 0 Å². The number of halogens is 1. The summed E-state index contributed by atoms with van der Waals surface area (Å²) in [5.74, 6) is -0.392. The molecular weight excluding hydrogens is 157 g/mol. The summed E-state index contributed by atoms with van der Waals surface area (Å²) in [7, 11) is 0. The van der Waals surface area contributed by atoms with E-state index in [9.17, 15) is 9.18 Å². The molecule has 1 amide bonds. The smallest absolute Gasteiger partial charge is 0.211 e. The maximum atomic E-state index is 12.9. The number of amides is 1. The highest BCUT2D eigenvalue weighted by Gasteiger charge is 1.96. The van der Waals surface area contributed by atoms with E-state index in [1.54, 1.807) is 19.9 Å². The lowest BCUT2D eigenvalue weighted by Crippen LogP contribution is -2.06. The van der Waals surface area contributed by atoms with E-state index in [-0.39, 0.29) is 5.70 Å². The molecule has 0 saturated carbocycles. The highest BCUT2D eigenvalue weighted by molar-refractivity contribution is 5.51. The van der Waals surface area contributed by atoms with Gasteiger partial charge in [0, 0.05) is 5.70 Å². The molecule has 0 unspecified atom stereocenters. The monoisotopic (exact) mass is 169 g/mol. The van der Waals surface area contributed by atoms with Gasteiger partial charge < -0.3 is 5.32 Å². The zero-order valence-electron chi connectivity index (χ0n) is 7.23. The number of nitrogens with one attached hydrogen (secondary N) is 1. The van der Waals surface area contributed by atoms with Gasteiger partial charge in [0.15, 0.2) is 0 Å². The van der Waals surface area contributed by atoms with Crippen LogP contribution in [0.4, 0.5) is 4.39 Å². The van der Waals surface area contributed by atoms with Crippen LogP contribution in [0.15, 0.2) is 35.8 Å². The van der Waals surface area contributed by atoms with Crippen LogP contribution >= 0.6 is 0 Å². The summed E-state index contributed by atoms with van der Waals surface area (Å²) in [6.07, 6.45) is 3.26. The van der Waals surface area contributed by atoms with Crippen LogP contribution in [0.3, 0.4) is 0 Å². The van der Waals surface area contributed by atoms with Gasteiger partial charge in [-0.15, -0.1) is 0 Å². The molecule has 0 saturated heterocycles. The lowest BCUT2D eigenvalue weighted by Gasteiger charge is -1.98. The minimum Gasteiger partial charge on any atom is -0.329 e. The number of carbonyl (C=O) groups is 1. The molecule has 0 aliphatic rings. The normalized spacial score (nSPS) is 12.6. The van der Waals surface area contributed by atoms with Crippen molar-refractivity contribution in [2.45, 2.75) is 13.8 Å². The predicted molar refractivity (Wildman–Crippen MR) is 47.0 cm³/mol. The zero-order valence-corrected chi connectivity index (χ0v) is 7.23. The molecule has 12 heavy (non-hydrogen) atoms. The highest BCUT2D eigenvalue weighted by Crippen LogP contribution is 2.11. The van der Waals surface area contributed by atoms with Crippen molar-refractivity contribution in [3.05, 3.63) is 35.8 Å². The standard InChI is InChI=1S/C9H12FNO/c1-4-7(2)9(10)5-8(3)11-6-12/h4-6H,3H2,1-2H3,(H,11,12)/b7-4-,9-5+. The summed E-state index contributed by atoms with van der Waals surface area (Å²) in [4.78, 5) is 9.90. The summed E-state index contributed by atoms with van der Waals surface area (Å²) in [6.45, 7) is 6.79. The van der Waals surface area contributed by atoms with E-state index in [4.69, 9.17) is 0 Å². The van der Waals surface area contributed by atoms with Crippen molar-refractivity contribution in [1.82, 2.24) is 5.32 Å². The Morgan fingerprint density at radius 3 is 2.58 bits per heavy atom. The van der Waals surface area contributed by atoms with Gasteiger partial charge in [0.1, 0.15) is 5.83 Å². The van der Waals surface area contributed by atoms with Crippen LogP contribution in [0.25, 0.3) is 0 Å². The molecule has 0 aliphatic carbocycles. The van der Waals surface area contributed by atoms with Crippen molar-refractivity contribution >= 4 is 6.41 Å². The fourth-order valence-corrected chi connectivity index (χ4v) is 0.522. The maximum absolute atomic E-state index is 12.9. The van der Waals surface area contributed by atoms with Gasteiger partial charge in [0.2, 0.25) is 6.41 Å². The number of allylic oxidation sites excluding steroid dienone is 4. The third-order valence-corrected chi connectivity index (χ3v) is 1.36. The Balaban J connectivity index is 4.35. The molecule has 1 N–H and O–H groups in total. The van der Waals surface area contributed by atoms with Gasteiger partial charge in [-0.3, -0.25) is 4.79 Å². The molecule has 0 aromatic heterocycles. The molecule has 2 nitrogen and oxygen atoms in total. The van der Waals surface area contributed by atoms with Crippen LogP contribution in [-0.4, -0.2) is 6.41 Å². The van der Waals surface area contributed by atoms with Crippen molar-refractivity contribution in [3.63, 3.8) is 0 Å². The highest BCUT2D eigenvalue weighted by atomic mass is 19.1. The Hall–Kier alpha value is -1.38. The van der Waals surface area contributed by atoms with E-state index >= 15 is 0 Å². The minimum atomic E-state index is -0.392. The lowest BCUT2D eigenvalue weighted by atomic mass is 10.2. The summed E-state index contributed by atoms with van der Waals surface area (Å²) < 4.78 is 12.9. The first-order valence-electron chi connectivity index (χ1n) is 3.51. The summed E-state index contributed by atoms with van der Waals surface area (Å²) >= 11 is 0. The molecule has 66 valence electrons. The van der Waals surface area contributed by atoms with E-state index in [1.165, 1.54) is 6.08 Å². The van der Waals surface area contributed by atoms with Gasteiger partial charge in [-0.2, -0.15) is 0 Å². The van der Waals surface area contributed by atoms with Crippen molar-refractivity contribution in [2.24, 2.45) is 0 Å². The van der Waals surface area contributed by atoms with Gasteiger partial charge in [0.05, 0.1) is 0 Å². The Morgan fingerprint density at radius 1 is 1.58 bits per heavy atom. The first-order chi connectivity index (χ1) is 5.61. The van der Waals surface area contributed by atoms with Crippen LogP contribution in [0.2, 0.25) is 0 Å². The van der Waals surface area contributed by atoms with Crippen LogP contribution in [0.1, 0.15) is 13.8 Å². The lowest BCUT2D eigenvalue weighted by molar-refractivity contribution is -0.108. The first kappa shape index (κ1) is 10.6. The molecule has 0 bridgehead atoms. The van der Waals surface area contributed by atoms with Crippen molar-refractivity contribution in [2.75, 3.05) is 0 Å². The molecule has 0 rings (SSSR count). The van der Waals surface area contributed by atoms with Crippen molar-refractivity contribution in [1.29, 1.82) is 0 Å². The van der Waals surface area contributed by atoms with Gasteiger partial charge >= 0.3 is 0 Å². The van der Waals surface area contributed by atoms with Gasteiger partial charge in [0.25, 0.3) is 0 Å². The van der Waals surface area contributed by atoms with Crippen LogP contribution in [-0.2, 0) is 4.79 Å². The quantitative estimate of drug-likeness (QED) is 0.506. The SMILES string of the molecule is C=C(/C=C(F)\C(C)=C/C)NC=O. The average molecular weight is 169 g/mol. The molecule has 0 spiro atoms. The largest absolute Gasteiger partial charge is 0.329 e. The van der Waals surface area contributed by atoms with E-state index in [0.717, 1.165) is 0 Å². The van der Waals surface area contributed by atoms with Gasteiger partial charge in [-0.25, -0.2) is 4.39 Å². The Morgan fingerprint density at radius 2 is 2.17 bits per heavy atom. The molecule has 0 fully saturated rings. The fourth-order valence-electron chi connectivity index (χ4n) is 0.522. The van der Waals surface area contributed by atoms with E-state index in [2.05, 4.69) is 11.9 Å². The first-order valence-corrected chi connectivity index (χ1v) is 3.51. The summed E-state index contributed by atoms with van der Waals surface area (Å²) in [5.41, 5.74) is 0.757. The zero-order chi connectivity index (χ0) is 9.56. The van der Waals surface area contributed by atoms with E-state index in [0.29, 0.717) is 12.0 Å². The molecule has 0 radical (unpaired) electrons. The molecule has 0 aromatic rings. The van der Waals surface area contributed by atoms with E-state index in [1.807, 2.05) is 0 Å². The number of hydrogen-bond donors (Lipinski definition) is 1. The van der Waals surface area contributed by atoms with Crippen molar-refractivity contribution < 1.29 is 9.18 Å². The second-order valence-electron chi connectivity index (χ2n) is 2.25. The minimum absolute atomic E-state index is 0.240. The Labute approximate surface area is 71.5 Å². The Kier molecular flexibility index (Phi) is 4.69. The molecule has 0 atom stereocenters. The molecule has 3 heteroatoms. The van der Waals surface area contributed by atoms with Gasteiger partial charge in [-0.05, 0) is 25.5 Å². The molecule has 0 heterocycles. The Bertz CT molecular complexity index is 241. The van der Waals surface area contributed by atoms with E-state index < -0.39 is 5.83 Å². The van der Waals surface area contributed by atoms with Crippen molar-refractivity contribution in [3.8, 4) is 0 Å². The van der Waals surface area contributed by atoms with Crippen LogP contribution in [0, 0.1) is 0 Å². The molecule has 0 aliphatic heterocycles. The fraction of sp³-hybridized carbons (Fsp3) is 0.222. The third-order valence-electron chi connectivity index (χ3n) is 1.36. The molecule has 0 aromatic carbocycles.